The second-order valence-electron chi connectivity index (χ2n) is 7.45. The first-order valence-corrected chi connectivity index (χ1v) is 8.54. The number of hydrogen-bond acceptors (Lipinski definition) is 3. The third-order valence-electron chi connectivity index (χ3n) is 5.32. The number of morpholine rings is 1. The lowest BCUT2D eigenvalue weighted by molar-refractivity contribution is -0.0746. The summed E-state index contributed by atoms with van der Waals surface area (Å²) in [6.45, 7) is 12.6. The Labute approximate surface area is 125 Å². The molecular weight excluding hydrogens is 248 g/mol. The van der Waals surface area contributed by atoms with E-state index in [9.17, 15) is 0 Å². The van der Waals surface area contributed by atoms with Crippen LogP contribution in [-0.2, 0) is 4.74 Å². The van der Waals surface area contributed by atoms with Crippen molar-refractivity contribution in [3.63, 3.8) is 0 Å². The highest BCUT2D eigenvalue weighted by molar-refractivity contribution is 4.88. The maximum Gasteiger partial charge on any atom is 0.0678 e. The Bertz CT molecular complexity index is 285. The Morgan fingerprint density at radius 2 is 1.80 bits per heavy atom. The molecule has 0 aromatic heterocycles. The van der Waals surface area contributed by atoms with Crippen molar-refractivity contribution in [1.29, 1.82) is 0 Å². The van der Waals surface area contributed by atoms with Gasteiger partial charge in [-0.05, 0) is 57.9 Å². The van der Waals surface area contributed by atoms with Gasteiger partial charge in [0.15, 0.2) is 0 Å². The molecule has 1 heterocycles. The Kier molecular flexibility index (Phi) is 5.88. The molecule has 3 heteroatoms. The minimum absolute atomic E-state index is 0.385. The maximum absolute atomic E-state index is 5.86. The molecule has 3 unspecified atom stereocenters. The van der Waals surface area contributed by atoms with E-state index in [0.29, 0.717) is 18.2 Å². The van der Waals surface area contributed by atoms with E-state index in [-0.39, 0.29) is 0 Å². The lowest BCUT2D eigenvalue weighted by Gasteiger charge is -2.43. The van der Waals surface area contributed by atoms with E-state index >= 15 is 0 Å². The second kappa shape index (κ2) is 7.24. The quantitative estimate of drug-likeness (QED) is 0.858. The third kappa shape index (κ3) is 4.19. The lowest BCUT2D eigenvalue weighted by atomic mass is 9.73. The standard InChI is InChI=1S/C17H34N2O/c1-12(2)15-6-7-17(18-5)16(8-15)11-19-9-13(3)20-14(4)10-19/h12-18H,6-11H2,1-5H3/t13-,14+,15?,16?,17?. The Morgan fingerprint density at radius 3 is 2.35 bits per heavy atom. The normalized spacial score (nSPS) is 40.2. The van der Waals surface area contributed by atoms with Gasteiger partial charge in [-0.25, -0.2) is 0 Å². The zero-order valence-electron chi connectivity index (χ0n) is 14.1. The molecule has 1 saturated carbocycles. The van der Waals surface area contributed by atoms with Gasteiger partial charge in [-0.1, -0.05) is 13.8 Å². The van der Waals surface area contributed by atoms with Crippen molar-refractivity contribution in [1.82, 2.24) is 10.2 Å². The van der Waals surface area contributed by atoms with E-state index in [0.717, 1.165) is 30.8 Å². The van der Waals surface area contributed by atoms with Crippen LogP contribution in [0.4, 0.5) is 0 Å². The summed E-state index contributed by atoms with van der Waals surface area (Å²) in [5.74, 6) is 2.55. The number of hydrogen-bond donors (Lipinski definition) is 1. The van der Waals surface area contributed by atoms with Crippen molar-refractivity contribution in [2.75, 3.05) is 26.7 Å². The highest BCUT2D eigenvalue weighted by Crippen LogP contribution is 2.34. The minimum atomic E-state index is 0.385. The summed E-state index contributed by atoms with van der Waals surface area (Å²) < 4.78 is 5.86. The summed E-state index contributed by atoms with van der Waals surface area (Å²) in [5.41, 5.74) is 0. The van der Waals surface area contributed by atoms with Gasteiger partial charge in [0.2, 0.25) is 0 Å². The molecule has 0 spiro atoms. The van der Waals surface area contributed by atoms with Crippen LogP contribution in [0.25, 0.3) is 0 Å². The van der Waals surface area contributed by atoms with Crippen molar-refractivity contribution in [3.8, 4) is 0 Å². The van der Waals surface area contributed by atoms with Gasteiger partial charge in [-0.2, -0.15) is 0 Å². The van der Waals surface area contributed by atoms with Gasteiger partial charge >= 0.3 is 0 Å². The molecule has 0 radical (unpaired) electrons. The summed E-state index contributed by atoms with van der Waals surface area (Å²) in [6, 6.07) is 0.707. The van der Waals surface area contributed by atoms with Crippen molar-refractivity contribution in [2.24, 2.45) is 17.8 Å². The number of nitrogens with one attached hydrogen (secondary N) is 1. The molecule has 0 aromatic carbocycles. The average Bonchev–Trinajstić information content (AvgIpc) is 2.37. The molecule has 0 aromatic rings. The molecule has 1 aliphatic heterocycles. The molecule has 2 aliphatic rings. The van der Waals surface area contributed by atoms with Crippen LogP contribution in [0.15, 0.2) is 0 Å². The molecule has 1 saturated heterocycles. The fourth-order valence-electron chi connectivity index (χ4n) is 4.25. The molecule has 2 fully saturated rings. The van der Waals surface area contributed by atoms with E-state index in [1.807, 2.05) is 0 Å². The fraction of sp³-hybridized carbons (Fsp3) is 1.00. The Hall–Kier alpha value is -0.120. The summed E-state index contributed by atoms with van der Waals surface area (Å²) >= 11 is 0. The van der Waals surface area contributed by atoms with Crippen LogP contribution in [0.5, 0.6) is 0 Å². The average molecular weight is 282 g/mol. The minimum Gasteiger partial charge on any atom is -0.373 e. The van der Waals surface area contributed by atoms with Crippen LogP contribution in [0.3, 0.4) is 0 Å². The third-order valence-corrected chi connectivity index (χ3v) is 5.32. The monoisotopic (exact) mass is 282 g/mol. The first-order valence-electron chi connectivity index (χ1n) is 8.54. The maximum atomic E-state index is 5.86. The van der Waals surface area contributed by atoms with Crippen molar-refractivity contribution in [2.45, 2.75) is 65.2 Å². The van der Waals surface area contributed by atoms with E-state index in [4.69, 9.17) is 4.74 Å². The first-order chi connectivity index (χ1) is 9.49. The topological polar surface area (TPSA) is 24.5 Å². The van der Waals surface area contributed by atoms with Gasteiger partial charge in [0.25, 0.3) is 0 Å². The molecule has 2 rings (SSSR count). The van der Waals surface area contributed by atoms with E-state index < -0.39 is 0 Å². The largest absolute Gasteiger partial charge is 0.373 e. The van der Waals surface area contributed by atoms with Crippen LogP contribution < -0.4 is 5.32 Å². The van der Waals surface area contributed by atoms with Crippen molar-refractivity contribution >= 4 is 0 Å². The van der Waals surface area contributed by atoms with Gasteiger partial charge in [0, 0.05) is 25.7 Å². The van der Waals surface area contributed by atoms with Gasteiger partial charge in [0.05, 0.1) is 12.2 Å². The summed E-state index contributed by atoms with van der Waals surface area (Å²) in [5, 5.41) is 3.57. The predicted molar refractivity (Wildman–Crippen MR) is 85.0 cm³/mol. The summed E-state index contributed by atoms with van der Waals surface area (Å²) in [6.07, 6.45) is 4.91. The number of ether oxygens (including phenoxy) is 1. The van der Waals surface area contributed by atoms with Gasteiger partial charge in [-0.3, -0.25) is 4.90 Å². The molecule has 20 heavy (non-hydrogen) atoms. The summed E-state index contributed by atoms with van der Waals surface area (Å²) in [4.78, 5) is 2.64. The highest BCUT2D eigenvalue weighted by Gasteiger charge is 2.33. The van der Waals surface area contributed by atoms with Gasteiger partial charge < -0.3 is 10.1 Å². The number of nitrogens with zero attached hydrogens (tertiary/aromatic N) is 1. The molecule has 5 atom stereocenters. The lowest BCUT2D eigenvalue weighted by Crippen LogP contribution is -2.51. The van der Waals surface area contributed by atoms with Crippen LogP contribution in [0, 0.1) is 17.8 Å². The highest BCUT2D eigenvalue weighted by atomic mass is 16.5. The van der Waals surface area contributed by atoms with Crippen LogP contribution in [-0.4, -0.2) is 49.8 Å². The molecule has 1 aliphatic carbocycles. The first kappa shape index (κ1) is 16.3. The van der Waals surface area contributed by atoms with Gasteiger partial charge in [0.1, 0.15) is 0 Å². The smallest absolute Gasteiger partial charge is 0.0678 e. The van der Waals surface area contributed by atoms with Crippen LogP contribution >= 0.6 is 0 Å². The second-order valence-corrected chi connectivity index (χ2v) is 7.45. The fourth-order valence-corrected chi connectivity index (χ4v) is 4.25. The zero-order valence-corrected chi connectivity index (χ0v) is 14.1. The van der Waals surface area contributed by atoms with Crippen LogP contribution in [0.1, 0.15) is 47.0 Å². The molecule has 0 amide bonds. The predicted octanol–water partition coefficient (Wildman–Crippen LogP) is 2.76. The molecule has 0 bridgehead atoms. The van der Waals surface area contributed by atoms with Gasteiger partial charge in [-0.15, -0.1) is 0 Å². The molecular formula is C17H34N2O. The Balaban J connectivity index is 1.93. The molecule has 1 N–H and O–H groups in total. The van der Waals surface area contributed by atoms with E-state index in [2.05, 4.69) is 45.0 Å². The van der Waals surface area contributed by atoms with Crippen molar-refractivity contribution in [3.05, 3.63) is 0 Å². The zero-order chi connectivity index (χ0) is 14.7. The molecule has 3 nitrogen and oxygen atoms in total. The van der Waals surface area contributed by atoms with Crippen LogP contribution in [0.2, 0.25) is 0 Å². The summed E-state index contributed by atoms with van der Waals surface area (Å²) in [7, 11) is 2.14. The Morgan fingerprint density at radius 1 is 1.15 bits per heavy atom. The SMILES string of the molecule is CNC1CCC(C(C)C)CC1CN1C[C@@H](C)O[C@@H](C)C1. The van der Waals surface area contributed by atoms with E-state index in [1.54, 1.807) is 0 Å². The van der Waals surface area contributed by atoms with Crippen molar-refractivity contribution < 1.29 is 4.74 Å². The number of rotatable bonds is 4. The van der Waals surface area contributed by atoms with E-state index in [1.165, 1.54) is 25.8 Å². The molecule has 118 valence electrons.